The van der Waals surface area contributed by atoms with Crippen LogP contribution in [0.2, 0.25) is 0 Å². The number of carboxylic acids is 1. The van der Waals surface area contributed by atoms with Crippen molar-refractivity contribution in [3.63, 3.8) is 0 Å². The smallest absolute Gasteiger partial charge is 0.335 e. The van der Waals surface area contributed by atoms with Crippen molar-refractivity contribution in [2.24, 2.45) is 0 Å². The summed E-state index contributed by atoms with van der Waals surface area (Å²) in [6, 6.07) is 14.7. The van der Waals surface area contributed by atoms with Gasteiger partial charge in [0, 0.05) is 13.6 Å². The van der Waals surface area contributed by atoms with Gasteiger partial charge in [-0.15, -0.1) is 0 Å². The molecule has 0 bridgehead atoms. The first-order chi connectivity index (χ1) is 9.08. The topological polar surface area (TPSA) is 66.6 Å². The van der Waals surface area contributed by atoms with Crippen LogP contribution in [-0.4, -0.2) is 18.1 Å². The normalized spacial score (nSPS) is 10.2. The Morgan fingerprint density at radius 2 is 1.89 bits per heavy atom. The Morgan fingerprint density at radius 3 is 2.53 bits per heavy atom. The van der Waals surface area contributed by atoms with Crippen molar-refractivity contribution in [2.75, 3.05) is 17.7 Å². The zero-order chi connectivity index (χ0) is 13.8. The van der Waals surface area contributed by atoms with E-state index in [9.17, 15) is 4.79 Å². The highest BCUT2D eigenvalue weighted by molar-refractivity contribution is 5.90. The van der Waals surface area contributed by atoms with E-state index in [4.69, 9.17) is 10.8 Å². The van der Waals surface area contributed by atoms with Crippen molar-refractivity contribution < 1.29 is 9.90 Å². The molecular formula is C15H16N2O2. The largest absolute Gasteiger partial charge is 0.478 e. The van der Waals surface area contributed by atoms with Crippen LogP contribution in [0.15, 0.2) is 48.5 Å². The summed E-state index contributed by atoms with van der Waals surface area (Å²) in [5.74, 6) is -0.950. The van der Waals surface area contributed by atoms with Crippen molar-refractivity contribution >= 4 is 17.3 Å². The minimum atomic E-state index is -0.950. The second-order valence-electron chi connectivity index (χ2n) is 4.42. The Morgan fingerprint density at radius 1 is 1.21 bits per heavy atom. The number of carbonyl (C=O) groups is 1. The predicted molar refractivity (Wildman–Crippen MR) is 76.4 cm³/mol. The number of rotatable bonds is 4. The molecule has 0 fully saturated rings. The molecule has 0 heterocycles. The highest BCUT2D eigenvalue weighted by Crippen LogP contribution is 2.25. The summed E-state index contributed by atoms with van der Waals surface area (Å²) >= 11 is 0. The second-order valence-corrected chi connectivity index (χ2v) is 4.42. The highest BCUT2D eigenvalue weighted by Gasteiger charge is 2.10. The summed E-state index contributed by atoms with van der Waals surface area (Å²) in [5, 5.41) is 9.01. The molecule has 98 valence electrons. The van der Waals surface area contributed by atoms with Gasteiger partial charge in [0.25, 0.3) is 0 Å². The summed E-state index contributed by atoms with van der Waals surface area (Å²) < 4.78 is 0. The third-order valence-corrected chi connectivity index (χ3v) is 2.95. The molecule has 0 spiro atoms. The average Bonchev–Trinajstić information content (AvgIpc) is 2.40. The lowest BCUT2D eigenvalue weighted by Crippen LogP contribution is -2.18. The van der Waals surface area contributed by atoms with E-state index in [0.717, 1.165) is 11.3 Å². The summed E-state index contributed by atoms with van der Waals surface area (Å²) in [7, 11) is 1.89. The fraction of sp³-hybridized carbons (Fsp3) is 0.133. The lowest BCUT2D eigenvalue weighted by Gasteiger charge is -2.21. The van der Waals surface area contributed by atoms with Gasteiger partial charge >= 0.3 is 5.97 Å². The van der Waals surface area contributed by atoms with Gasteiger partial charge in [0.15, 0.2) is 0 Å². The zero-order valence-electron chi connectivity index (χ0n) is 10.7. The van der Waals surface area contributed by atoms with E-state index in [1.54, 1.807) is 12.1 Å². The maximum Gasteiger partial charge on any atom is 0.335 e. The number of nitrogen functional groups attached to an aromatic ring is 1. The lowest BCUT2D eigenvalue weighted by atomic mass is 10.1. The van der Waals surface area contributed by atoms with Gasteiger partial charge in [-0.1, -0.05) is 30.3 Å². The van der Waals surface area contributed by atoms with Crippen molar-refractivity contribution in [1.29, 1.82) is 0 Å². The lowest BCUT2D eigenvalue weighted by molar-refractivity contribution is 0.0697. The van der Waals surface area contributed by atoms with E-state index in [1.165, 1.54) is 6.07 Å². The van der Waals surface area contributed by atoms with E-state index in [-0.39, 0.29) is 5.56 Å². The van der Waals surface area contributed by atoms with Crippen molar-refractivity contribution in [2.45, 2.75) is 6.54 Å². The van der Waals surface area contributed by atoms with Crippen LogP contribution in [0.1, 0.15) is 15.9 Å². The highest BCUT2D eigenvalue weighted by atomic mass is 16.4. The SMILES string of the molecule is CN(Cc1ccccc1)c1cc(C(=O)O)ccc1N. The van der Waals surface area contributed by atoms with E-state index in [0.29, 0.717) is 12.2 Å². The molecule has 0 aromatic heterocycles. The van der Waals surface area contributed by atoms with Crippen LogP contribution >= 0.6 is 0 Å². The van der Waals surface area contributed by atoms with Gasteiger partial charge in [-0.05, 0) is 23.8 Å². The zero-order valence-corrected chi connectivity index (χ0v) is 10.7. The molecule has 4 heteroatoms. The number of carboxylic acid groups (broad SMARTS) is 1. The molecule has 2 aromatic carbocycles. The molecule has 0 atom stereocenters. The fourth-order valence-corrected chi connectivity index (χ4v) is 1.95. The molecule has 0 unspecified atom stereocenters. The van der Waals surface area contributed by atoms with Crippen molar-refractivity contribution in [3.05, 3.63) is 59.7 Å². The Hall–Kier alpha value is -2.49. The number of aromatic carboxylic acids is 1. The fourth-order valence-electron chi connectivity index (χ4n) is 1.95. The molecule has 0 radical (unpaired) electrons. The van der Waals surface area contributed by atoms with Crippen LogP contribution in [0.25, 0.3) is 0 Å². The molecule has 2 aromatic rings. The van der Waals surface area contributed by atoms with E-state index < -0.39 is 5.97 Å². The summed E-state index contributed by atoms with van der Waals surface area (Å²) in [6.07, 6.45) is 0. The molecule has 0 saturated heterocycles. The Bertz CT molecular complexity index is 582. The van der Waals surface area contributed by atoms with Gasteiger partial charge < -0.3 is 15.7 Å². The summed E-state index contributed by atoms with van der Waals surface area (Å²) in [5.41, 5.74) is 8.59. The van der Waals surface area contributed by atoms with E-state index >= 15 is 0 Å². The Kier molecular flexibility index (Phi) is 3.71. The van der Waals surface area contributed by atoms with Crippen LogP contribution in [0.5, 0.6) is 0 Å². The summed E-state index contributed by atoms with van der Waals surface area (Å²) in [6.45, 7) is 0.675. The number of hydrogen-bond acceptors (Lipinski definition) is 3. The van der Waals surface area contributed by atoms with Gasteiger partial charge in [-0.3, -0.25) is 0 Å². The quantitative estimate of drug-likeness (QED) is 0.825. The molecule has 19 heavy (non-hydrogen) atoms. The molecule has 0 amide bonds. The number of nitrogens with zero attached hydrogens (tertiary/aromatic N) is 1. The van der Waals surface area contributed by atoms with Crippen LogP contribution in [0.4, 0.5) is 11.4 Å². The van der Waals surface area contributed by atoms with Gasteiger partial charge in [0.1, 0.15) is 0 Å². The summed E-state index contributed by atoms with van der Waals surface area (Å²) in [4.78, 5) is 12.9. The number of anilines is 2. The molecule has 0 aliphatic carbocycles. The van der Waals surface area contributed by atoms with Crippen molar-refractivity contribution in [1.82, 2.24) is 0 Å². The monoisotopic (exact) mass is 256 g/mol. The second kappa shape index (κ2) is 5.44. The molecule has 2 rings (SSSR count). The van der Waals surface area contributed by atoms with Gasteiger partial charge in [0.05, 0.1) is 16.9 Å². The first-order valence-corrected chi connectivity index (χ1v) is 5.96. The Labute approximate surface area is 112 Å². The minimum absolute atomic E-state index is 0.240. The third kappa shape index (κ3) is 3.04. The molecule has 0 aliphatic heterocycles. The molecule has 3 N–H and O–H groups in total. The van der Waals surface area contributed by atoms with E-state index in [2.05, 4.69) is 0 Å². The number of hydrogen-bond donors (Lipinski definition) is 2. The van der Waals surface area contributed by atoms with Crippen LogP contribution in [0, 0.1) is 0 Å². The third-order valence-electron chi connectivity index (χ3n) is 2.95. The average molecular weight is 256 g/mol. The Balaban J connectivity index is 2.25. The molecule has 0 saturated carbocycles. The molecule has 0 aliphatic rings. The standard InChI is InChI=1S/C15H16N2O2/c1-17(10-11-5-3-2-4-6-11)14-9-12(15(18)19)7-8-13(14)16/h2-9H,10,16H2,1H3,(H,18,19). The first-order valence-electron chi connectivity index (χ1n) is 5.96. The first kappa shape index (κ1) is 13.0. The molecule has 4 nitrogen and oxygen atoms in total. The number of nitrogens with two attached hydrogens (primary N) is 1. The van der Waals surface area contributed by atoms with Gasteiger partial charge in [0.2, 0.25) is 0 Å². The van der Waals surface area contributed by atoms with E-state index in [1.807, 2.05) is 42.3 Å². The van der Waals surface area contributed by atoms with Crippen LogP contribution < -0.4 is 10.6 Å². The van der Waals surface area contributed by atoms with Crippen molar-refractivity contribution in [3.8, 4) is 0 Å². The van der Waals surface area contributed by atoms with Crippen LogP contribution in [0.3, 0.4) is 0 Å². The predicted octanol–water partition coefficient (Wildman–Crippen LogP) is 2.60. The minimum Gasteiger partial charge on any atom is -0.478 e. The van der Waals surface area contributed by atoms with Gasteiger partial charge in [-0.2, -0.15) is 0 Å². The maximum absolute atomic E-state index is 11.0. The van der Waals surface area contributed by atoms with Gasteiger partial charge in [-0.25, -0.2) is 4.79 Å². The number of benzene rings is 2. The maximum atomic E-state index is 11.0. The molecular weight excluding hydrogens is 240 g/mol. The van der Waals surface area contributed by atoms with Crippen LogP contribution in [-0.2, 0) is 6.54 Å².